The van der Waals surface area contributed by atoms with E-state index in [0.29, 0.717) is 24.3 Å². The highest BCUT2D eigenvalue weighted by Gasteiger charge is 2.23. The lowest BCUT2D eigenvalue weighted by atomic mass is 10.0. The molecule has 3 heterocycles. The van der Waals surface area contributed by atoms with Crippen LogP contribution in [0, 0.1) is 0 Å². The first-order valence-corrected chi connectivity index (χ1v) is 6.85. The number of pyridine rings is 1. The summed E-state index contributed by atoms with van der Waals surface area (Å²) in [5.41, 5.74) is 3.64. The Labute approximate surface area is 121 Å². The third-order valence-electron chi connectivity index (χ3n) is 3.81. The van der Waals surface area contributed by atoms with Crippen molar-refractivity contribution in [2.24, 2.45) is 0 Å². The molecule has 1 amide bonds. The predicted octanol–water partition coefficient (Wildman–Crippen LogP) is 1.85. The Hall–Kier alpha value is -2.76. The molecule has 0 spiro atoms. The maximum absolute atomic E-state index is 12.6. The normalized spacial score (nSPS) is 14.2. The smallest absolute Gasteiger partial charge is 0.318 e. The van der Waals surface area contributed by atoms with E-state index in [-0.39, 0.29) is 6.03 Å². The van der Waals surface area contributed by atoms with Gasteiger partial charge in [-0.15, -0.1) is 5.10 Å². The van der Waals surface area contributed by atoms with Crippen LogP contribution in [0.2, 0.25) is 0 Å². The van der Waals surface area contributed by atoms with Gasteiger partial charge in [0, 0.05) is 19.3 Å². The zero-order chi connectivity index (χ0) is 14.2. The van der Waals surface area contributed by atoms with Crippen LogP contribution in [0.4, 0.5) is 4.79 Å². The van der Waals surface area contributed by atoms with E-state index >= 15 is 0 Å². The van der Waals surface area contributed by atoms with Crippen molar-refractivity contribution in [2.75, 3.05) is 6.54 Å². The zero-order valence-electron chi connectivity index (χ0n) is 11.3. The first-order valence-electron chi connectivity index (χ1n) is 6.85. The predicted molar refractivity (Wildman–Crippen MR) is 76.7 cm³/mol. The molecule has 6 heteroatoms. The molecular formula is C15H13N5O. The van der Waals surface area contributed by atoms with Gasteiger partial charge < -0.3 is 4.90 Å². The van der Waals surface area contributed by atoms with Gasteiger partial charge in [0.2, 0.25) is 5.65 Å². The van der Waals surface area contributed by atoms with Crippen molar-refractivity contribution in [1.82, 2.24) is 24.9 Å². The van der Waals surface area contributed by atoms with Crippen LogP contribution >= 0.6 is 0 Å². The summed E-state index contributed by atoms with van der Waals surface area (Å²) >= 11 is 0. The van der Waals surface area contributed by atoms with Gasteiger partial charge in [-0.2, -0.15) is 4.68 Å². The number of fused-ring (bicyclic) bond motifs is 2. The summed E-state index contributed by atoms with van der Waals surface area (Å²) < 4.78 is 1.33. The lowest BCUT2D eigenvalue weighted by Gasteiger charge is -2.28. The Morgan fingerprint density at radius 3 is 2.86 bits per heavy atom. The van der Waals surface area contributed by atoms with Crippen LogP contribution in [0.3, 0.4) is 0 Å². The number of rotatable bonds is 0. The van der Waals surface area contributed by atoms with Crippen LogP contribution in [-0.2, 0) is 13.0 Å². The molecule has 0 atom stereocenters. The number of hydrogen-bond acceptors (Lipinski definition) is 4. The summed E-state index contributed by atoms with van der Waals surface area (Å²) in [6, 6.07) is 11.6. The number of amides is 1. The maximum atomic E-state index is 12.6. The van der Waals surface area contributed by atoms with Gasteiger partial charge in [0.15, 0.2) is 0 Å². The second-order valence-corrected chi connectivity index (χ2v) is 5.07. The van der Waals surface area contributed by atoms with Crippen LogP contribution in [0.15, 0.2) is 42.6 Å². The molecule has 1 aliphatic heterocycles. The molecule has 2 aromatic heterocycles. The summed E-state index contributed by atoms with van der Waals surface area (Å²) in [7, 11) is 0. The van der Waals surface area contributed by atoms with E-state index in [2.05, 4.69) is 27.4 Å². The van der Waals surface area contributed by atoms with Crippen molar-refractivity contribution in [3.05, 3.63) is 53.7 Å². The molecule has 21 heavy (non-hydrogen) atoms. The molecular weight excluding hydrogens is 266 g/mol. The summed E-state index contributed by atoms with van der Waals surface area (Å²) in [6.07, 6.45) is 2.51. The molecule has 0 saturated heterocycles. The average Bonchev–Trinajstić information content (AvgIpc) is 2.98. The van der Waals surface area contributed by atoms with E-state index < -0.39 is 0 Å². The van der Waals surface area contributed by atoms with E-state index in [9.17, 15) is 4.79 Å². The van der Waals surface area contributed by atoms with Crippen molar-refractivity contribution in [3.63, 3.8) is 0 Å². The van der Waals surface area contributed by atoms with Crippen molar-refractivity contribution >= 4 is 17.2 Å². The maximum Gasteiger partial charge on any atom is 0.347 e. The Balaban J connectivity index is 1.67. The first kappa shape index (κ1) is 12.0. The third kappa shape index (κ3) is 1.96. The fraction of sp³-hybridized carbons (Fsp3) is 0.200. The Morgan fingerprint density at radius 2 is 1.95 bits per heavy atom. The molecule has 3 aromatic rings. The molecule has 0 radical (unpaired) electrons. The summed E-state index contributed by atoms with van der Waals surface area (Å²) in [5, 5.41) is 7.87. The number of aromatic nitrogens is 4. The lowest BCUT2D eigenvalue weighted by Crippen LogP contribution is -2.39. The van der Waals surface area contributed by atoms with E-state index in [1.165, 1.54) is 15.8 Å². The summed E-state index contributed by atoms with van der Waals surface area (Å²) in [4.78, 5) is 18.5. The highest BCUT2D eigenvalue weighted by atomic mass is 16.2. The molecule has 4 rings (SSSR count). The molecule has 6 nitrogen and oxygen atoms in total. The topological polar surface area (TPSA) is 63.9 Å². The van der Waals surface area contributed by atoms with E-state index in [0.717, 1.165) is 6.42 Å². The Bertz CT molecular complexity index is 826. The van der Waals surface area contributed by atoms with Crippen molar-refractivity contribution in [2.45, 2.75) is 13.0 Å². The van der Waals surface area contributed by atoms with Gasteiger partial charge >= 0.3 is 6.03 Å². The Morgan fingerprint density at radius 1 is 1.10 bits per heavy atom. The van der Waals surface area contributed by atoms with Crippen molar-refractivity contribution in [3.8, 4) is 0 Å². The second kappa shape index (κ2) is 4.66. The van der Waals surface area contributed by atoms with E-state index in [1.54, 1.807) is 23.2 Å². The highest BCUT2D eigenvalue weighted by Crippen LogP contribution is 2.19. The molecule has 104 valence electrons. The molecule has 0 N–H and O–H groups in total. The number of carbonyl (C=O) groups is 1. The van der Waals surface area contributed by atoms with E-state index in [1.807, 2.05) is 12.1 Å². The zero-order valence-corrected chi connectivity index (χ0v) is 11.3. The quantitative estimate of drug-likeness (QED) is 0.630. The van der Waals surface area contributed by atoms with Gasteiger partial charge in [-0.3, -0.25) is 0 Å². The molecule has 0 aliphatic carbocycles. The van der Waals surface area contributed by atoms with Crippen LogP contribution in [-0.4, -0.2) is 37.5 Å². The van der Waals surface area contributed by atoms with Crippen LogP contribution in [0.5, 0.6) is 0 Å². The van der Waals surface area contributed by atoms with Crippen molar-refractivity contribution < 1.29 is 4.79 Å². The van der Waals surface area contributed by atoms with Gasteiger partial charge in [-0.1, -0.05) is 29.5 Å². The lowest BCUT2D eigenvalue weighted by molar-refractivity contribution is 0.191. The fourth-order valence-corrected chi connectivity index (χ4v) is 2.70. The van der Waals surface area contributed by atoms with Crippen LogP contribution in [0.1, 0.15) is 11.1 Å². The van der Waals surface area contributed by atoms with Crippen LogP contribution < -0.4 is 0 Å². The first-order chi connectivity index (χ1) is 10.3. The number of nitrogens with zero attached hydrogens (tertiary/aromatic N) is 5. The molecule has 1 aliphatic rings. The molecule has 0 fully saturated rings. The van der Waals surface area contributed by atoms with Gasteiger partial charge in [0.25, 0.3) is 0 Å². The van der Waals surface area contributed by atoms with Gasteiger partial charge in [0.1, 0.15) is 5.52 Å². The number of hydrogen-bond donors (Lipinski definition) is 0. The van der Waals surface area contributed by atoms with E-state index in [4.69, 9.17) is 0 Å². The SMILES string of the molecule is O=C(N1CCc2ccccc2C1)n1nnc2ncccc21. The van der Waals surface area contributed by atoms with Gasteiger partial charge in [-0.05, 0) is 29.7 Å². The Kier molecular flexibility index (Phi) is 2.67. The molecule has 1 aromatic carbocycles. The number of carbonyl (C=O) groups excluding carboxylic acids is 1. The fourth-order valence-electron chi connectivity index (χ4n) is 2.70. The largest absolute Gasteiger partial charge is 0.347 e. The minimum Gasteiger partial charge on any atom is -0.318 e. The third-order valence-corrected chi connectivity index (χ3v) is 3.81. The van der Waals surface area contributed by atoms with Crippen LogP contribution in [0.25, 0.3) is 11.2 Å². The molecule has 0 bridgehead atoms. The molecule has 0 saturated carbocycles. The summed E-state index contributed by atoms with van der Waals surface area (Å²) in [6.45, 7) is 1.30. The van der Waals surface area contributed by atoms with Gasteiger partial charge in [0.05, 0.1) is 0 Å². The standard InChI is InChI=1S/C15H13N5O/c21-15(20-13-6-3-8-16-14(13)17-18-20)19-9-7-11-4-1-2-5-12(11)10-19/h1-6,8H,7,9-10H2. The minimum absolute atomic E-state index is 0.153. The monoisotopic (exact) mass is 279 g/mol. The average molecular weight is 279 g/mol. The second-order valence-electron chi connectivity index (χ2n) is 5.07. The summed E-state index contributed by atoms with van der Waals surface area (Å²) in [5.74, 6) is 0. The highest BCUT2D eigenvalue weighted by molar-refractivity contribution is 5.86. The number of benzene rings is 1. The van der Waals surface area contributed by atoms with Crippen molar-refractivity contribution in [1.29, 1.82) is 0 Å². The minimum atomic E-state index is -0.153. The van der Waals surface area contributed by atoms with Gasteiger partial charge in [-0.25, -0.2) is 9.78 Å². The molecule has 0 unspecified atom stereocenters.